The van der Waals surface area contributed by atoms with Gasteiger partial charge in [-0.3, -0.25) is 4.79 Å². The number of para-hydroxylation sites is 1. The van der Waals surface area contributed by atoms with Crippen molar-refractivity contribution in [1.82, 2.24) is 0 Å². The van der Waals surface area contributed by atoms with Crippen LogP contribution in [0.4, 0.5) is 5.69 Å². The lowest BCUT2D eigenvalue weighted by molar-refractivity contribution is -0.120. The number of nitrogens with one attached hydrogen (secondary N) is 1. The second-order valence-electron chi connectivity index (χ2n) is 5.67. The van der Waals surface area contributed by atoms with Crippen LogP contribution >= 0.6 is 0 Å². The van der Waals surface area contributed by atoms with E-state index in [-0.39, 0.29) is 17.2 Å². The summed E-state index contributed by atoms with van der Waals surface area (Å²) in [7, 11) is -1.93. The van der Waals surface area contributed by atoms with Crippen molar-refractivity contribution in [3.05, 3.63) is 48.0 Å². The zero-order valence-corrected chi connectivity index (χ0v) is 16.7. The molecule has 0 bridgehead atoms. The quantitative estimate of drug-likeness (QED) is 0.507. The summed E-state index contributed by atoms with van der Waals surface area (Å²) in [6.07, 6.45) is 2.50. The minimum atomic E-state index is -3.46. The van der Waals surface area contributed by atoms with E-state index in [0.29, 0.717) is 23.7 Å². The molecule has 0 aliphatic carbocycles. The maximum absolute atomic E-state index is 12.0. The van der Waals surface area contributed by atoms with Gasteiger partial charge in [-0.15, -0.1) is 0 Å². The smallest absolute Gasteiger partial charge is 0.265 e. The number of hydrogen-bond acceptors (Lipinski definition) is 7. The van der Waals surface area contributed by atoms with E-state index in [1.54, 1.807) is 30.3 Å². The Morgan fingerprint density at radius 1 is 1.18 bits per heavy atom. The number of hydrogen-bond donors (Lipinski definition) is 1. The van der Waals surface area contributed by atoms with Crippen LogP contribution in [-0.4, -0.2) is 47.1 Å². The van der Waals surface area contributed by atoms with Gasteiger partial charge in [0.25, 0.3) is 5.91 Å². The topological polar surface area (TPSA) is 103 Å². The molecule has 0 aliphatic heterocycles. The van der Waals surface area contributed by atoms with Gasteiger partial charge in [0.15, 0.2) is 27.9 Å². The molecule has 8 nitrogen and oxygen atoms in total. The second-order valence-corrected chi connectivity index (χ2v) is 7.65. The highest BCUT2D eigenvalue weighted by atomic mass is 32.2. The van der Waals surface area contributed by atoms with E-state index in [9.17, 15) is 13.2 Å². The van der Waals surface area contributed by atoms with Gasteiger partial charge in [0.2, 0.25) is 0 Å². The third kappa shape index (κ3) is 5.98. The Balaban J connectivity index is 1.94. The van der Waals surface area contributed by atoms with Gasteiger partial charge in [0, 0.05) is 11.8 Å². The SMILES string of the molecule is CCOc1ccc(/C=N\OCC(=O)Nc2ccccc2S(C)(=O)=O)cc1OC. The van der Waals surface area contributed by atoms with Crippen LogP contribution in [0, 0.1) is 0 Å². The first-order chi connectivity index (χ1) is 13.3. The van der Waals surface area contributed by atoms with Crippen LogP contribution in [-0.2, 0) is 19.5 Å². The van der Waals surface area contributed by atoms with Crippen molar-refractivity contribution in [2.45, 2.75) is 11.8 Å². The number of oxime groups is 1. The van der Waals surface area contributed by atoms with Crippen molar-refractivity contribution in [1.29, 1.82) is 0 Å². The molecule has 150 valence electrons. The lowest BCUT2D eigenvalue weighted by Gasteiger charge is -2.09. The predicted octanol–water partition coefficient (Wildman–Crippen LogP) is 2.49. The number of sulfone groups is 1. The third-order valence-corrected chi connectivity index (χ3v) is 4.68. The molecule has 2 aromatic carbocycles. The number of carbonyl (C=O) groups excluding carboxylic acids is 1. The molecule has 28 heavy (non-hydrogen) atoms. The summed E-state index contributed by atoms with van der Waals surface area (Å²) >= 11 is 0. The molecule has 0 saturated carbocycles. The summed E-state index contributed by atoms with van der Waals surface area (Å²) in [6, 6.07) is 11.4. The molecule has 2 aromatic rings. The maximum atomic E-state index is 12.0. The van der Waals surface area contributed by atoms with Crippen molar-refractivity contribution in [3.63, 3.8) is 0 Å². The standard InChI is InChI=1S/C19H22N2O6S/c1-4-26-16-10-9-14(11-17(16)25-2)12-20-27-13-19(22)21-15-7-5-6-8-18(15)28(3,23)24/h5-12H,4,13H2,1-3H3,(H,21,22)/b20-12-. The molecule has 0 radical (unpaired) electrons. The summed E-state index contributed by atoms with van der Waals surface area (Å²) < 4.78 is 34.2. The zero-order chi connectivity index (χ0) is 20.6. The predicted molar refractivity (Wildman–Crippen MR) is 106 cm³/mol. The monoisotopic (exact) mass is 406 g/mol. The van der Waals surface area contributed by atoms with Gasteiger partial charge in [-0.05, 0) is 37.3 Å². The Morgan fingerprint density at radius 2 is 1.93 bits per heavy atom. The molecule has 2 rings (SSSR count). The Labute approximate surface area is 164 Å². The molecular formula is C19H22N2O6S. The van der Waals surface area contributed by atoms with Crippen LogP contribution < -0.4 is 14.8 Å². The average Bonchev–Trinajstić information content (AvgIpc) is 2.66. The third-order valence-electron chi connectivity index (χ3n) is 3.52. The number of carbonyl (C=O) groups is 1. The van der Waals surface area contributed by atoms with E-state index in [0.717, 1.165) is 6.26 Å². The number of ether oxygens (including phenoxy) is 2. The lowest BCUT2D eigenvalue weighted by Crippen LogP contribution is -2.18. The first-order valence-corrected chi connectivity index (χ1v) is 10.3. The number of benzene rings is 2. The molecule has 0 fully saturated rings. The zero-order valence-electron chi connectivity index (χ0n) is 15.8. The molecule has 0 spiro atoms. The Morgan fingerprint density at radius 3 is 2.61 bits per heavy atom. The number of rotatable bonds is 9. The van der Waals surface area contributed by atoms with E-state index >= 15 is 0 Å². The first-order valence-electron chi connectivity index (χ1n) is 8.40. The molecule has 0 atom stereocenters. The summed E-state index contributed by atoms with van der Waals surface area (Å²) in [5, 5.41) is 6.25. The molecule has 1 amide bonds. The fourth-order valence-electron chi connectivity index (χ4n) is 2.31. The van der Waals surface area contributed by atoms with Crippen LogP contribution in [0.3, 0.4) is 0 Å². The molecule has 0 saturated heterocycles. The van der Waals surface area contributed by atoms with Crippen LogP contribution in [0.5, 0.6) is 11.5 Å². The van der Waals surface area contributed by atoms with Gasteiger partial charge in [-0.1, -0.05) is 17.3 Å². The number of nitrogens with zero attached hydrogens (tertiary/aromatic N) is 1. The van der Waals surface area contributed by atoms with Gasteiger partial charge < -0.3 is 19.6 Å². The van der Waals surface area contributed by atoms with E-state index in [1.165, 1.54) is 25.5 Å². The largest absolute Gasteiger partial charge is 0.493 e. The Bertz CT molecular complexity index is 957. The summed E-state index contributed by atoms with van der Waals surface area (Å²) in [5.74, 6) is 0.644. The fraction of sp³-hybridized carbons (Fsp3) is 0.263. The first kappa shape index (κ1) is 21.2. The van der Waals surface area contributed by atoms with Crippen LogP contribution in [0.2, 0.25) is 0 Å². The fourth-order valence-corrected chi connectivity index (χ4v) is 3.16. The summed E-state index contributed by atoms with van der Waals surface area (Å²) in [4.78, 5) is 17.0. The molecule has 0 aromatic heterocycles. The van der Waals surface area contributed by atoms with Gasteiger partial charge in [-0.25, -0.2) is 8.42 Å². The minimum Gasteiger partial charge on any atom is -0.493 e. The van der Waals surface area contributed by atoms with Crippen molar-refractivity contribution < 1.29 is 27.5 Å². The van der Waals surface area contributed by atoms with Crippen LogP contribution in [0.15, 0.2) is 52.5 Å². The summed E-state index contributed by atoms with van der Waals surface area (Å²) in [5.41, 5.74) is 0.891. The van der Waals surface area contributed by atoms with Crippen molar-refractivity contribution in [2.24, 2.45) is 5.16 Å². The van der Waals surface area contributed by atoms with Crippen molar-refractivity contribution in [2.75, 3.05) is 31.9 Å². The molecule has 0 unspecified atom stereocenters. The van der Waals surface area contributed by atoms with Gasteiger partial charge in [0.1, 0.15) is 0 Å². The highest BCUT2D eigenvalue weighted by molar-refractivity contribution is 7.90. The normalized spacial score (nSPS) is 11.2. The van der Waals surface area contributed by atoms with Crippen LogP contribution in [0.25, 0.3) is 0 Å². The summed E-state index contributed by atoms with van der Waals surface area (Å²) in [6.45, 7) is 2.02. The van der Waals surface area contributed by atoms with Crippen LogP contribution in [0.1, 0.15) is 12.5 Å². The number of methoxy groups -OCH3 is 1. The Hall–Kier alpha value is -3.07. The highest BCUT2D eigenvalue weighted by Crippen LogP contribution is 2.27. The molecule has 9 heteroatoms. The molecular weight excluding hydrogens is 384 g/mol. The van der Waals surface area contributed by atoms with E-state index in [4.69, 9.17) is 14.3 Å². The van der Waals surface area contributed by atoms with Gasteiger partial charge >= 0.3 is 0 Å². The second kappa shape index (κ2) is 9.75. The number of anilines is 1. The van der Waals surface area contributed by atoms with E-state index < -0.39 is 15.7 Å². The van der Waals surface area contributed by atoms with E-state index in [2.05, 4.69) is 10.5 Å². The van der Waals surface area contributed by atoms with Crippen molar-refractivity contribution >= 4 is 27.6 Å². The van der Waals surface area contributed by atoms with Gasteiger partial charge in [0.05, 0.1) is 30.5 Å². The Kier molecular flexibility index (Phi) is 7.39. The van der Waals surface area contributed by atoms with E-state index in [1.807, 2.05) is 6.92 Å². The molecule has 0 heterocycles. The van der Waals surface area contributed by atoms with Crippen molar-refractivity contribution in [3.8, 4) is 11.5 Å². The van der Waals surface area contributed by atoms with Gasteiger partial charge in [-0.2, -0.15) is 0 Å². The molecule has 1 N–H and O–H groups in total. The average molecular weight is 406 g/mol. The highest BCUT2D eigenvalue weighted by Gasteiger charge is 2.14. The number of amides is 1. The lowest BCUT2D eigenvalue weighted by atomic mass is 10.2. The minimum absolute atomic E-state index is 0.0355. The molecule has 0 aliphatic rings. The maximum Gasteiger partial charge on any atom is 0.265 e.